The number of halogens is 1. The molecule has 23 heavy (non-hydrogen) atoms. The van der Waals surface area contributed by atoms with Crippen molar-refractivity contribution in [3.63, 3.8) is 0 Å². The lowest BCUT2D eigenvalue weighted by Crippen LogP contribution is -2.28. The van der Waals surface area contributed by atoms with Crippen molar-refractivity contribution >= 4 is 50.5 Å². The van der Waals surface area contributed by atoms with Gasteiger partial charge in [0.05, 0.1) is 10.6 Å². The first kappa shape index (κ1) is 16.0. The fourth-order valence-electron chi connectivity index (χ4n) is 2.19. The van der Waals surface area contributed by atoms with E-state index in [1.54, 1.807) is 4.90 Å². The Hall–Kier alpha value is -1.85. The van der Waals surface area contributed by atoms with Crippen molar-refractivity contribution in [3.8, 4) is 0 Å². The number of rotatable bonds is 3. The van der Waals surface area contributed by atoms with Crippen LogP contribution in [0.15, 0.2) is 69.0 Å². The Kier molecular flexibility index (Phi) is 4.98. The van der Waals surface area contributed by atoms with E-state index in [0.29, 0.717) is 11.4 Å². The summed E-state index contributed by atoms with van der Waals surface area (Å²) in [5, 5.41) is 0.729. The lowest BCUT2D eigenvalue weighted by atomic mass is 10.2. The molecule has 1 aliphatic rings. The summed E-state index contributed by atoms with van der Waals surface area (Å²) in [6, 6.07) is 17.6. The van der Waals surface area contributed by atoms with E-state index in [0.717, 1.165) is 20.9 Å². The van der Waals surface area contributed by atoms with Gasteiger partial charge in [0.1, 0.15) is 0 Å². The molecule has 116 valence electrons. The van der Waals surface area contributed by atoms with Crippen molar-refractivity contribution in [2.45, 2.75) is 6.92 Å². The fraction of sp³-hybridized carbons (Fsp3) is 0.111. The molecule has 3 rings (SSSR count). The van der Waals surface area contributed by atoms with Crippen LogP contribution in [0.3, 0.4) is 0 Å². The molecule has 0 N–H and O–H groups in total. The summed E-state index contributed by atoms with van der Waals surface area (Å²) in [5.41, 5.74) is 1.85. The van der Waals surface area contributed by atoms with E-state index >= 15 is 0 Å². The van der Waals surface area contributed by atoms with Gasteiger partial charge < -0.3 is 0 Å². The van der Waals surface area contributed by atoms with E-state index in [2.05, 4.69) is 20.9 Å². The summed E-state index contributed by atoms with van der Waals surface area (Å²) in [4.78, 5) is 19.6. The van der Waals surface area contributed by atoms with Gasteiger partial charge in [0, 0.05) is 11.0 Å². The van der Waals surface area contributed by atoms with Crippen LogP contribution in [0.4, 0.5) is 5.69 Å². The summed E-state index contributed by atoms with van der Waals surface area (Å²) in [6.45, 7) is 2.57. The summed E-state index contributed by atoms with van der Waals surface area (Å²) >= 11 is 4.84. The molecule has 0 atom stereocenters. The maximum atomic E-state index is 12.6. The third kappa shape index (κ3) is 3.74. The molecule has 1 fully saturated rings. The Balaban J connectivity index is 1.91. The molecule has 1 heterocycles. The number of amides is 1. The average molecular weight is 387 g/mol. The van der Waals surface area contributed by atoms with E-state index in [9.17, 15) is 4.79 Å². The highest BCUT2D eigenvalue weighted by molar-refractivity contribution is 9.10. The predicted molar refractivity (Wildman–Crippen MR) is 101 cm³/mol. The molecule has 2 aromatic carbocycles. The SMILES string of the molecule is CCN1C(=O)/C(=C\c2ccc(Br)cc2)SC1=Nc1ccccc1. The zero-order chi connectivity index (χ0) is 16.2. The smallest absolute Gasteiger partial charge is 0.266 e. The molecule has 0 unspecified atom stereocenters. The van der Waals surface area contributed by atoms with Crippen molar-refractivity contribution < 1.29 is 4.79 Å². The van der Waals surface area contributed by atoms with Crippen LogP contribution in [0.1, 0.15) is 12.5 Å². The van der Waals surface area contributed by atoms with Crippen LogP contribution in [0.25, 0.3) is 6.08 Å². The van der Waals surface area contributed by atoms with E-state index in [-0.39, 0.29) is 5.91 Å². The molecular formula is C18H15BrN2OS. The van der Waals surface area contributed by atoms with Crippen LogP contribution in [0, 0.1) is 0 Å². The highest BCUT2D eigenvalue weighted by Crippen LogP contribution is 2.34. The lowest BCUT2D eigenvalue weighted by Gasteiger charge is -2.11. The third-order valence-corrected chi connectivity index (χ3v) is 4.89. The largest absolute Gasteiger partial charge is 0.287 e. The van der Waals surface area contributed by atoms with E-state index < -0.39 is 0 Å². The van der Waals surface area contributed by atoms with Crippen molar-refractivity contribution in [3.05, 3.63) is 69.5 Å². The van der Waals surface area contributed by atoms with Crippen molar-refractivity contribution in [1.82, 2.24) is 4.90 Å². The minimum Gasteiger partial charge on any atom is -0.287 e. The highest BCUT2D eigenvalue weighted by atomic mass is 79.9. The summed E-state index contributed by atoms with van der Waals surface area (Å²) in [5.74, 6) is 0.00935. The fourth-order valence-corrected chi connectivity index (χ4v) is 3.52. The molecular weight excluding hydrogens is 372 g/mol. The molecule has 0 bridgehead atoms. The van der Waals surface area contributed by atoms with E-state index in [1.807, 2.05) is 67.6 Å². The van der Waals surface area contributed by atoms with Crippen LogP contribution in [0.5, 0.6) is 0 Å². The minimum absolute atomic E-state index is 0.00935. The van der Waals surface area contributed by atoms with Gasteiger partial charge in [-0.2, -0.15) is 0 Å². The summed E-state index contributed by atoms with van der Waals surface area (Å²) < 4.78 is 1.02. The average Bonchev–Trinajstić information content (AvgIpc) is 2.85. The molecule has 0 radical (unpaired) electrons. The molecule has 0 spiro atoms. The number of amidine groups is 1. The van der Waals surface area contributed by atoms with Crippen molar-refractivity contribution in [1.29, 1.82) is 0 Å². The Morgan fingerprint density at radius 1 is 1.13 bits per heavy atom. The number of nitrogens with zero attached hydrogens (tertiary/aromatic N) is 2. The first-order chi connectivity index (χ1) is 11.2. The Labute approximate surface area is 148 Å². The number of para-hydroxylation sites is 1. The minimum atomic E-state index is 0.00935. The Bertz CT molecular complexity index is 769. The van der Waals surface area contributed by atoms with Crippen LogP contribution in [-0.4, -0.2) is 22.5 Å². The van der Waals surface area contributed by atoms with Gasteiger partial charge in [0.15, 0.2) is 5.17 Å². The number of thioether (sulfide) groups is 1. The second kappa shape index (κ2) is 7.15. The van der Waals surface area contributed by atoms with Crippen molar-refractivity contribution in [2.24, 2.45) is 4.99 Å². The number of carbonyl (C=O) groups is 1. The predicted octanol–water partition coefficient (Wildman–Crippen LogP) is 5.07. The van der Waals surface area contributed by atoms with Crippen LogP contribution in [0.2, 0.25) is 0 Å². The summed E-state index contributed by atoms with van der Waals surface area (Å²) in [7, 11) is 0. The van der Waals surface area contributed by atoms with Gasteiger partial charge in [-0.1, -0.05) is 46.3 Å². The zero-order valence-corrected chi connectivity index (χ0v) is 15.0. The highest BCUT2D eigenvalue weighted by Gasteiger charge is 2.32. The number of aliphatic imine (C=N–C) groups is 1. The first-order valence-corrected chi connectivity index (χ1v) is 8.89. The van der Waals surface area contributed by atoms with Crippen LogP contribution < -0.4 is 0 Å². The monoisotopic (exact) mass is 386 g/mol. The molecule has 3 nitrogen and oxygen atoms in total. The summed E-state index contributed by atoms with van der Waals surface area (Å²) in [6.07, 6.45) is 1.91. The van der Waals surface area contributed by atoms with Gasteiger partial charge in [-0.25, -0.2) is 4.99 Å². The number of hydrogen-bond acceptors (Lipinski definition) is 3. The molecule has 0 aliphatic carbocycles. The maximum absolute atomic E-state index is 12.6. The van der Waals surface area contributed by atoms with Gasteiger partial charge in [-0.05, 0) is 54.6 Å². The number of carbonyl (C=O) groups excluding carboxylic acids is 1. The van der Waals surface area contributed by atoms with Gasteiger partial charge >= 0.3 is 0 Å². The third-order valence-electron chi connectivity index (χ3n) is 3.35. The molecule has 0 saturated carbocycles. The first-order valence-electron chi connectivity index (χ1n) is 7.28. The van der Waals surface area contributed by atoms with Gasteiger partial charge in [0.2, 0.25) is 0 Å². The normalized spacial score (nSPS) is 18.2. The van der Waals surface area contributed by atoms with E-state index in [4.69, 9.17) is 0 Å². The second-order valence-electron chi connectivity index (χ2n) is 4.94. The topological polar surface area (TPSA) is 32.7 Å². The molecule has 5 heteroatoms. The maximum Gasteiger partial charge on any atom is 0.266 e. The van der Waals surface area contributed by atoms with Crippen LogP contribution in [-0.2, 0) is 4.79 Å². The second-order valence-corrected chi connectivity index (χ2v) is 6.87. The molecule has 1 saturated heterocycles. The standard InChI is InChI=1S/C18H15BrN2OS/c1-2-21-17(22)16(12-13-8-10-14(19)11-9-13)23-18(21)20-15-6-4-3-5-7-15/h3-12H,2H2,1H3/b16-12+,20-18?. The zero-order valence-electron chi connectivity index (χ0n) is 12.6. The van der Waals surface area contributed by atoms with Crippen molar-refractivity contribution in [2.75, 3.05) is 6.54 Å². The van der Waals surface area contributed by atoms with Gasteiger partial charge in [0.25, 0.3) is 5.91 Å². The Morgan fingerprint density at radius 3 is 2.48 bits per heavy atom. The van der Waals surface area contributed by atoms with Gasteiger partial charge in [-0.15, -0.1) is 0 Å². The Morgan fingerprint density at radius 2 is 1.83 bits per heavy atom. The molecule has 0 aromatic heterocycles. The number of likely N-dealkylation sites (N-methyl/N-ethyl adjacent to an activating group) is 1. The number of hydrogen-bond donors (Lipinski definition) is 0. The van der Waals surface area contributed by atoms with E-state index in [1.165, 1.54) is 11.8 Å². The van der Waals surface area contributed by atoms with Crippen LogP contribution >= 0.6 is 27.7 Å². The molecule has 1 aliphatic heterocycles. The molecule has 2 aromatic rings. The van der Waals surface area contributed by atoms with Gasteiger partial charge in [-0.3, -0.25) is 9.69 Å². The quantitative estimate of drug-likeness (QED) is 0.689. The molecule has 1 amide bonds. The lowest BCUT2D eigenvalue weighted by molar-refractivity contribution is -0.122. The number of benzene rings is 2.